The van der Waals surface area contributed by atoms with E-state index < -0.39 is 10.8 Å². The summed E-state index contributed by atoms with van der Waals surface area (Å²) in [4.78, 5) is 45.4. The van der Waals surface area contributed by atoms with E-state index in [-0.39, 0.29) is 30.3 Å². The van der Waals surface area contributed by atoms with Crippen molar-refractivity contribution in [3.8, 4) is 0 Å². The van der Waals surface area contributed by atoms with Crippen molar-refractivity contribution < 1.29 is 14.4 Å². The molecule has 3 aliphatic rings. The number of carbonyl (C=O) groups excluding carboxylic acids is 3. The summed E-state index contributed by atoms with van der Waals surface area (Å²) in [6.45, 7) is 8.52. The quantitative estimate of drug-likeness (QED) is 0.613. The molecule has 1 aromatic heterocycles. The Hall–Kier alpha value is -3.26. The van der Waals surface area contributed by atoms with Gasteiger partial charge in [0.2, 0.25) is 17.7 Å². The summed E-state index contributed by atoms with van der Waals surface area (Å²) < 4.78 is 0. The number of fused-ring (bicyclic) bond motifs is 3. The third-order valence-electron chi connectivity index (χ3n) is 7.76. The zero-order valence-corrected chi connectivity index (χ0v) is 21.5. The lowest BCUT2D eigenvalue weighted by atomic mass is 9.79. The monoisotopic (exact) mass is 489 g/mol. The summed E-state index contributed by atoms with van der Waals surface area (Å²) in [5.74, 6) is 0.380. The average molecular weight is 490 g/mol. The van der Waals surface area contributed by atoms with Crippen LogP contribution in [0, 0.1) is 5.41 Å². The van der Waals surface area contributed by atoms with E-state index in [0.29, 0.717) is 36.9 Å². The van der Waals surface area contributed by atoms with Crippen molar-refractivity contribution in [2.45, 2.75) is 70.9 Å². The number of hydrogen-bond donors (Lipinski definition) is 3. The molecule has 3 heterocycles. The van der Waals surface area contributed by atoms with E-state index in [0.717, 1.165) is 29.5 Å². The Morgan fingerprint density at radius 1 is 1.17 bits per heavy atom. The standard InChI is InChI=1S/C28H35N5O3/c1-17-7-10-21(15-30-17)33(26(36)27(2,3)4)16-23(34)31-20-9-8-18-13-28(14-19(18)12-20)22-6-5-11-29-24(22)32-25(28)35/h5-6,8-9,11-12,17,21,30H,7,10,13-16H2,1-4H3,(H,31,34)(H,29,32,35)/t17-,21+,28-/m1/s1. The lowest BCUT2D eigenvalue weighted by Crippen LogP contribution is -2.55. The Morgan fingerprint density at radius 3 is 2.67 bits per heavy atom. The molecule has 1 spiro atoms. The molecule has 3 atom stereocenters. The van der Waals surface area contributed by atoms with E-state index >= 15 is 0 Å². The van der Waals surface area contributed by atoms with E-state index in [2.05, 4.69) is 27.9 Å². The lowest BCUT2D eigenvalue weighted by molar-refractivity contribution is -0.144. The van der Waals surface area contributed by atoms with Crippen molar-refractivity contribution in [1.82, 2.24) is 15.2 Å². The first kappa shape index (κ1) is 24.4. The minimum absolute atomic E-state index is 0.00638. The molecular formula is C28H35N5O3. The first-order chi connectivity index (χ1) is 17.1. The highest BCUT2D eigenvalue weighted by Crippen LogP contribution is 2.46. The van der Waals surface area contributed by atoms with Gasteiger partial charge in [0, 0.05) is 41.5 Å². The van der Waals surface area contributed by atoms with Crippen LogP contribution in [0.5, 0.6) is 0 Å². The van der Waals surface area contributed by atoms with Gasteiger partial charge < -0.3 is 20.9 Å². The van der Waals surface area contributed by atoms with Crippen LogP contribution in [0.1, 0.15) is 57.2 Å². The summed E-state index contributed by atoms with van der Waals surface area (Å²) in [5.41, 5.74) is 2.55. The molecule has 0 saturated carbocycles. The molecule has 1 fully saturated rings. The molecule has 5 rings (SSSR count). The summed E-state index contributed by atoms with van der Waals surface area (Å²) >= 11 is 0. The zero-order chi connectivity index (χ0) is 25.7. The predicted octanol–water partition coefficient (Wildman–Crippen LogP) is 3.02. The van der Waals surface area contributed by atoms with Gasteiger partial charge in [0.15, 0.2) is 0 Å². The molecule has 2 aromatic rings. The fourth-order valence-electron chi connectivity index (χ4n) is 5.75. The fraction of sp³-hybridized carbons (Fsp3) is 0.500. The average Bonchev–Trinajstić information content (AvgIpc) is 3.34. The van der Waals surface area contributed by atoms with Crippen LogP contribution in [0.25, 0.3) is 0 Å². The van der Waals surface area contributed by atoms with Crippen molar-refractivity contribution in [2.24, 2.45) is 5.41 Å². The number of aromatic nitrogens is 1. The van der Waals surface area contributed by atoms with Gasteiger partial charge in [-0.15, -0.1) is 0 Å². The molecule has 3 N–H and O–H groups in total. The molecule has 8 heteroatoms. The maximum absolute atomic E-state index is 13.2. The summed E-state index contributed by atoms with van der Waals surface area (Å²) in [7, 11) is 0. The largest absolute Gasteiger partial charge is 0.329 e. The maximum atomic E-state index is 13.2. The van der Waals surface area contributed by atoms with Gasteiger partial charge in [-0.25, -0.2) is 4.98 Å². The SMILES string of the molecule is C[C@@H]1CC[C@H](N(CC(=O)Nc2ccc3c(c2)C[C@@]2(C3)C(=O)Nc3ncccc32)C(=O)C(C)(C)C)CN1. The van der Waals surface area contributed by atoms with E-state index in [4.69, 9.17) is 0 Å². The van der Waals surface area contributed by atoms with Gasteiger partial charge in [-0.1, -0.05) is 32.9 Å². The van der Waals surface area contributed by atoms with Crippen LogP contribution in [0.4, 0.5) is 11.5 Å². The van der Waals surface area contributed by atoms with Crippen LogP contribution < -0.4 is 16.0 Å². The third kappa shape index (κ3) is 4.39. The van der Waals surface area contributed by atoms with Crippen LogP contribution in [0.15, 0.2) is 36.5 Å². The maximum Gasteiger partial charge on any atom is 0.244 e. The smallest absolute Gasteiger partial charge is 0.244 e. The van der Waals surface area contributed by atoms with E-state index in [1.54, 1.807) is 11.1 Å². The number of rotatable bonds is 4. The number of nitrogens with zero attached hydrogens (tertiary/aromatic N) is 2. The van der Waals surface area contributed by atoms with Gasteiger partial charge >= 0.3 is 0 Å². The zero-order valence-electron chi connectivity index (χ0n) is 21.5. The molecule has 0 bridgehead atoms. The molecule has 2 aliphatic heterocycles. The minimum Gasteiger partial charge on any atom is -0.329 e. The molecule has 1 aromatic carbocycles. The first-order valence-corrected chi connectivity index (χ1v) is 12.8. The minimum atomic E-state index is -0.643. The number of piperidine rings is 1. The normalized spacial score (nSPS) is 24.7. The van der Waals surface area contributed by atoms with Crippen LogP contribution in [0.3, 0.4) is 0 Å². The lowest BCUT2D eigenvalue weighted by Gasteiger charge is -2.39. The highest BCUT2D eigenvalue weighted by molar-refractivity contribution is 6.06. The number of nitrogens with one attached hydrogen (secondary N) is 3. The van der Waals surface area contributed by atoms with Crippen LogP contribution >= 0.6 is 0 Å². The Morgan fingerprint density at radius 2 is 1.94 bits per heavy atom. The molecule has 36 heavy (non-hydrogen) atoms. The molecule has 1 aliphatic carbocycles. The topological polar surface area (TPSA) is 103 Å². The van der Waals surface area contributed by atoms with Crippen molar-refractivity contribution >= 4 is 29.2 Å². The first-order valence-electron chi connectivity index (χ1n) is 12.8. The molecule has 3 amide bonds. The van der Waals surface area contributed by atoms with E-state index in [1.807, 2.05) is 51.1 Å². The molecule has 190 valence electrons. The number of hydrogen-bond acceptors (Lipinski definition) is 5. The molecular weight excluding hydrogens is 454 g/mol. The van der Waals surface area contributed by atoms with Gasteiger partial charge in [-0.2, -0.15) is 0 Å². The van der Waals surface area contributed by atoms with Gasteiger partial charge in [0.25, 0.3) is 0 Å². The predicted molar refractivity (Wildman–Crippen MR) is 139 cm³/mol. The number of carbonyl (C=O) groups is 3. The van der Waals surface area contributed by atoms with Crippen molar-refractivity contribution in [3.63, 3.8) is 0 Å². The van der Waals surface area contributed by atoms with Gasteiger partial charge in [-0.05, 0) is 61.9 Å². The molecule has 8 nitrogen and oxygen atoms in total. The molecule has 1 saturated heterocycles. The highest BCUT2D eigenvalue weighted by atomic mass is 16.2. The summed E-state index contributed by atoms with van der Waals surface area (Å²) in [5, 5.41) is 9.37. The van der Waals surface area contributed by atoms with Gasteiger partial charge in [0.1, 0.15) is 12.4 Å². The Balaban J connectivity index is 1.31. The number of anilines is 2. The Labute approximate surface area is 212 Å². The number of amides is 3. The third-order valence-corrected chi connectivity index (χ3v) is 7.76. The second-order valence-electron chi connectivity index (χ2n) is 11.5. The van der Waals surface area contributed by atoms with Crippen LogP contribution in [0.2, 0.25) is 0 Å². The molecule has 0 unspecified atom stereocenters. The second-order valence-corrected chi connectivity index (χ2v) is 11.5. The second kappa shape index (κ2) is 9.00. The highest BCUT2D eigenvalue weighted by Gasteiger charge is 2.51. The fourth-order valence-corrected chi connectivity index (χ4v) is 5.75. The molecule has 0 radical (unpaired) electrons. The van der Waals surface area contributed by atoms with Crippen molar-refractivity contribution in [2.75, 3.05) is 23.7 Å². The summed E-state index contributed by atoms with van der Waals surface area (Å²) in [6, 6.07) is 10.1. The van der Waals surface area contributed by atoms with Crippen molar-refractivity contribution in [1.29, 1.82) is 0 Å². The van der Waals surface area contributed by atoms with Gasteiger partial charge in [-0.3, -0.25) is 14.4 Å². The Bertz CT molecular complexity index is 1210. The Kier molecular flexibility index (Phi) is 6.11. The van der Waals surface area contributed by atoms with Gasteiger partial charge in [0.05, 0.1) is 5.41 Å². The number of benzene rings is 1. The number of pyridine rings is 1. The van der Waals surface area contributed by atoms with E-state index in [1.165, 1.54) is 0 Å². The van der Waals surface area contributed by atoms with Crippen LogP contribution in [-0.2, 0) is 32.6 Å². The van der Waals surface area contributed by atoms with Crippen LogP contribution in [-0.4, -0.2) is 52.8 Å². The van der Waals surface area contributed by atoms with Crippen molar-refractivity contribution in [3.05, 3.63) is 53.2 Å². The summed E-state index contributed by atoms with van der Waals surface area (Å²) in [6.07, 6.45) is 4.71. The van der Waals surface area contributed by atoms with E-state index in [9.17, 15) is 14.4 Å².